The number of anilines is 3. The Hall–Kier alpha value is -3.06. The van der Waals surface area contributed by atoms with Gasteiger partial charge < -0.3 is 20.9 Å². The number of carbonyl (C=O) groups excluding carboxylic acids is 3. The van der Waals surface area contributed by atoms with Crippen LogP contribution >= 0.6 is 11.6 Å². The van der Waals surface area contributed by atoms with Crippen LogP contribution in [0.4, 0.5) is 21.9 Å². The molecule has 1 saturated heterocycles. The van der Waals surface area contributed by atoms with Crippen LogP contribution in [-0.2, 0) is 9.59 Å². The highest BCUT2D eigenvalue weighted by atomic mass is 35.5. The van der Waals surface area contributed by atoms with E-state index in [0.717, 1.165) is 0 Å². The fourth-order valence-corrected chi connectivity index (χ4v) is 3.31. The van der Waals surface area contributed by atoms with Crippen molar-refractivity contribution in [2.24, 2.45) is 5.92 Å². The fourth-order valence-electron chi connectivity index (χ4n) is 3.13. The molecule has 0 unspecified atom stereocenters. The minimum atomic E-state index is -0.470. The molecule has 3 rings (SSSR count). The molecule has 2 aromatic carbocycles. The SMILES string of the molecule is CC(C)NC(=O)Nc1cccc(NC(=O)[C@@H]2CC(=O)N(c3cccc(Cl)c3)C2)c1. The van der Waals surface area contributed by atoms with E-state index in [1.807, 2.05) is 13.8 Å². The third-order valence-electron chi connectivity index (χ3n) is 4.42. The molecule has 3 N–H and O–H groups in total. The average Bonchev–Trinajstić information content (AvgIpc) is 3.03. The van der Waals surface area contributed by atoms with E-state index < -0.39 is 5.92 Å². The lowest BCUT2D eigenvalue weighted by molar-refractivity contribution is -0.122. The molecule has 7 nitrogen and oxygen atoms in total. The first kappa shape index (κ1) is 20.7. The summed E-state index contributed by atoms with van der Waals surface area (Å²) in [5.74, 6) is -0.831. The number of nitrogens with one attached hydrogen (secondary N) is 3. The van der Waals surface area contributed by atoms with Gasteiger partial charge in [-0.2, -0.15) is 0 Å². The Morgan fingerprint density at radius 2 is 1.76 bits per heavy atom. The molecule has 1 fully saturated rings. The van der Waals surface area contributed by atoms with Gasteiger partial charge in [0.05, 0.1) is 5.92 Å². The average molecular weight is 415 g/mol. The van der Waals surface area contributed by atoms with E-state index in [0.29, 0.717) is 28.6 Å². The summed E-state index contributed by atoms with van der Waals surface area (Å²) in [7, 11) is 0. The standard InChI is InChI=1S/C21H23ClN4O3/c1-13(2)23-21(29)25-17-7-4-6-16(11-17)24-20(28)14-9-19(27)26(12-14)18-8-3-5-15(22)10-18/h3-8,10-11,13-14H,9,12H2,1-2H3,(H,24,28)(H2,23,25,29)/t14-/m1/s1. The normalized spacial score (nSPS) is 16.1. The Bertz CT molecular complexity index is 932. The molecule has 8 heteroatoms. The van der Waals surface area contributed by atoms with E-state index in [-0.39, 0.29) is 30.3 Å². The number of urea groups is 1. The van der Waals surface area contributed by atoms with Gasteiger partial charge in [0.25, 0.3) is 0 Å². The zero-order valence-electron chi connectivity index (χ0n) is 16.2. The number of hydrogen-bond acceptors (Lipinski definition) is 3. The molecule has 1 aliphatic rings. The van der Waals surface area contributed by atoms with Gasteiger partial charge in [-0.15, -0.1) is 0 Å². The van der Waals surface area contributed by atoms with Crippen molar-refractivity contribution >= 4 is 46.5 Å². The molecule has 0 radical (unpaired) electrons. The van der Waals surface area contributed by atoms with Gasteiger partial charge >= 0.3 is 6.03 Å². The summed E-state index contributed by atoms with van der Waals surface area (Å²) in [6.07, 6.45) is 0.132. The molecule has 2 aromatic rings. The Morgan fingerprint density at radius 1 is 1.07 bits per heavy atom. The van der Waals surface area contributed by atoms with Gasteiger partial charge in [-0.05, 0) is 50.2 Å². The van der Waals surface area contributed by atoms with Crippen molar-refractivity contribution < 1.29 is 14.4 Å². The van der Waals surface area contributed by atoms with Gasteiger partial charge in [0.15, 0.2) is 0 Å². The van der Waals surface area contributed by atoms with Gasteiger partial charge in [-0.1, -0.05) is 23.7 Å². The highest BCUT2D eigenvalue weighted by molar-refractivity contribution is 6.31. The topological polar surface area (TPSA) is 90.5 Å². The largest absolute Gasteiger partial charge is 0.336 e. The molecule has 0 spiro atoms. The summed E-state index contributed by atoms with van der Waals surface area (Å²) in [6, 6.07) is 13.6. The molecular weight excluding hydrogens is 392 g/mol. The number of amides is 4. The van der Waals surface area contributed by atoms with Crippen LogP contribution < -0.4 is 20.9 Å². The smallest absolute Gasteiger partial charge is 0.319 e. The van der Waals surface area contributed by atoms with Gasteiger partial charge in [-0.3, -0.25) is 9.59 Å². The van der Waals surface area contributed by atoms with Crippen LogP contribution in [0.5, 0.6) is 0 Å². The van der Waals surface area contributed by atoms with Crippen molar-refractivity contribution in [2.45, 2.75) is 26.3 Å². The highest BCUT2D eigenvalue weighted by Crippen LogP contribution is 2.28. The molecule has 0 bridgehead atoms. The zero-order chi connectivity index (χ0) is 21.0. The van der Waals surface area contributed by atoms with Crippen molar-refractivity contribution in [1.82, 2.24) is 5.32 Å². The minimum Gasteiger partial charge on any atom is -0.336 e. The van der Waals surface area contributed by atoms with Crippen LogP contribution in [0.1, 0.15) is 20.3 Å². The molecule has 29 heavy (non-hydrogen) atoms. The summed E-state index contributed by atoms with van der Waals surface area (Å²) < 4.78 is 0. The van der Waals surface area contributed by atoms with Crippen molar-refractivity contribution in [2.75, 3.05) is 22.1 Å². The number of rotatable bonds is 5. The van der Waals surface area contributed by atoms with Crippen molar-refractivity contribution in [3.8, 4) is 0 Å². The quantitative estimate of drug-likeness (QED) is 0.693. The molecule has 1 aliphatic heterocycles. The van der Waals surface area contributed by atoms with Gasteiger partial charge in [0.2, 0.25) is 11.8 Å². The summed E-state index contributed by atoms with van der Waals surface area (Å²) >= 11 is 6.00. The predicted octanol–water partition coefficient (Wildman–Crippen LogP) is 3.86. The summed E-state index contributed by atoms with van der Waals surface area (Å²) in [5.41, 5.74) is 1.79. The minimum absolute atomic E-state index is 0.0141. The van der Waals surface area contributed by atoms with Crippen LogP contribution in [0.25, 0.3) is 0 Å². The first-order valence-corrected chi connectivity index (χ1v) is 9.74. The molecule has 1 heterocycles. The van der Waals surface area contributed by atoms with E-state index in [4.69, 9.17) is 11.6 Å². The van der Waals surface area contributed by atoms with E-state index in [1.54, 1.807) is 53.4 Å². The molecule has 0 aromatic heterocycles. The summed E-state index contributed by atoms with van der Waals surface area (Å²) in [6.45, 7) is 4.03. The number of nitrogens with zero attached hydrogens (tertiary/aromatic N) is 1. The maximum atomic E-state index is 12.7. The Balaban J connectivity index is 1.63. The first-order chi connectivity index (χ1) is 13.8. The van der Waals surface area contributed by atoms with Gasteiger partial charge in [0.1, 0.15) is 0 Å². The van der Waals surface area contributed by atoms with E-state index >= 15 is 0 Å². The third kappa shape index (κ3) is 5.48. The second kappa shape index (κ2) is 8.96. The van der Waals surface area contributed by atoms with E-state index in [1.165, 1.54) is 0 Å². The molecule has 4 amide bonds. The van der Waals surface area contributed by atoms with Crippen LogP contribution in [0, 0.1) is 5.92 Å². The molecule has 152 valence electrons. The Morgan fingerprint density at radius 3 is 2.45 bits per heavy atom. The fraction of sp³-hybridized carbons (Fsp3) is 0.286. The maximum absolute atomic E-state index is 12.7. The number of halogens is 1. The number of hydrogen-bond donors (Lipinski definition) is 3. The van der Waals surface area contributed by atoms with Crippen LogP contribution in [0.15, 0.2) is 48.5 Å². The third-order valence-corrected chi connectivity index (χ3v) is 4.66. The second-order valence-corrected chi connectivity index (χ2v) is 7.64. The van der Waals surface area contributed by atoms with Crippen molar-refractivity contribution in [1.29, 1.82) is 0 Å². The second-order valence-electron chi connectivity index (χ2n) is 7.21. The van der Waals surface area contributed by atoms with Crippen molar-refractivity contribution in [3.63, 3.8) is 0 Å². The Kier molecular flexibility index (Phi) is 6.39. The summed E-state index contributed by atoms with van der Waals surface area (Å²) in [5, 5.41) is 8.82. The molecule has 1 atom stereocenters. The zero-order valence-corrected chi connectivity index (χ0v) is 17.0. The van der Waals surface area contributed by atoms with Crippen LogP contribution in [0.2, 0.25) is 5.02 Å². The number of carbonyl (C=O) groups is 3. The molecule has 0 aliphatic carbocycles. The predicted molar refractivity (Wildman–Crippen MR) is 114 cm³/mol. The summed E-state index contributed by atoms with van der Waals surface area (Å²) in [4.78, 5) is 38.4. The van der Waals surface area contributed by atoms with E-state index in [9.17, 15) is 14.4 Å². The lowest BCUT2D eigenvalue weighted by Gasteiger charge is -2.17. The molecule has 0 saturated carbocycles. The van der Waals surface area contributed by atoms with Crippen molar-refractivity contribution in [3.05, 3.63) is 53.6 Å². The molecular formula is C21H23ClN4O3. The van der Waals surface area contributed by atoms with E-state index in [2.05, 4.69) is 16.0 Å². The van der Waals surface area contributed by atoms with Crippen LogP contribution in [0.3, 0.4) is 0 Å². The van der Waals surface area contributed by atoms with Gasteiger partial charge in [0, 0.05) is 41.1 Å². The van der Waals surface area contributed by atoms with Gasteiger partial charge in [-0.25, -0.2) is 4.79 Å². The lowest BCUT2D eigenvalue weighted by atomic mass is 10.1. The first-order valence-electron chi connectivity index (χ1n) is 9.36. The number of benzene rings is 2. The Labute approximate surface area is 174 Å². The highest BCUT2D eigenvalue weighted by Gasteiger charge is 2.35. The lowest BCUT2D eigenvalue weighted by Crippen LogP contribution is -2.34. The monoisotopic (exact) mass is 414 g/mol. The van der Waals surface area contributed by atoms with Crippen LogP contribution in [-0.4, -0.2) is 30.4 Å². The maximum Gasteiger partial charge on any atom is 0.319 e.